The molecular formula is C15H27NO3S. The molecule has 4 aliphatic carbocycles. The molecule has 0 radical (unpaired) electrons. The Morgan fingerprint density at radius 3 is 2.10 bits per heavy atom. The van der Waals surface area contributed by atoms with Crippen LogP contribution in [0.15, 0.2) is 0 Å². The Bertz CT molecular complexity index is 424. The zero-order valence-corrected chi connectivity index (χ0v) is 13.4. The number of sulfonamides is 1. The molecule has 4 nitrogen and oxygen atoms in total. The summed E-state index contributed by atoms with van der Waals surface area (Å²) in [6.45, 7) is 2.35. The number of hydrogen-bond donors (Lipinski definition) is 1. The van der Waals surface area contributed by atoms with Crippen molar-refractivity contribution in [2.45, 2.75) is 51.5 Å². The predicted molar refractivity (Wildman–Crippen MR) is 78.9 cm³/mol. The third kappa shape index (κ3) is 2.77. The first-order chi connectivity index (χ1) is 9.42. The lowest BCUT2D eigenvalue weighted by Gasteiger charge is -2.59. The minimum absolute atomic E-state index is 0.0674. The molecule has 4 rings (SSSR count). The van der Waals surface area contributed by atoms with E-state index < -0.39 is 10.0 Å². The summed E-state index contributed by atoms with van der Waals surface area (Å²) in [6.07, 6.45) is 7.86. The minimum Gasteiger partial charge on any atom is -0.384 e. The van der Waals surface area contributed by atoms with Crippen molar-refractivity contribution in [2.24, 2.45) is 23.2 Å². The van der Waals surface area contributed by atoms with Gasteiger partial charge in [0.25, 0.3) is 0 Å². The summed E-state index contributed by atoms with van der Waals surface area (Å²) in [4.78, 5) is 0. The van der Waals surface area contributed by atoms with Gasteiger partial charge in [-0.05, 0) is 68.6 Å². The van der Waals surface area contributed by atoms with Crippen molar-refractivity contribution < 1.29 is 13.2 Å². The van der Waals surface area contributed by atoms with Crippen LogP contribution in [0.1, 0.15) is 45.4 Å². The van der Waals surface area contributed by atoms with E-state index in [1.807, 2.05) is 0 Å². The maximum absolute atomic E-state index is 12.1. The first-order valence-electron chi connectivity index (χ1n) is 7.91. The van der Waals surface area contributed by atoms with E-state index in [0.717, 1.165) is 17.8 Å². The second-order valence-corrected chi connectivity index (χ2v) is 9.30. The highest BCUT2D eigenvalue weighted by atomic mass is 32.2. The van der Waals surface area contributed by atoms with Crippen molar-refractivity contribution in [3.8, 4) is 0 Å². The summed E-state index contributed by atoms with van der Waals surface area (Å²) >= 11 is 0. The highest BCUT2D eigenvalue weighted by Gasteiger charge is 2.53. The predicted octanol–water partition coefficient (Wildman–Crippen LogP) is 2.16. The Morgan fingerprint density at radius 2 is 1.65 bits per heavy atom. The van der Waals surface area contributed by atoms with Crippen molar-refractivity contribution in [3.05, 3.63) is 0 Å². The van der Waals surface area contributed by atoms with Crippen LogP contribution >= 0.6 is 0 Å². The minimum atomic E-state index is -3.21. The van der Waals surface area contributed by atoms with Crippen molar-refractivity contribution in [3.63, 3.8) is 0 Å². The summed E-state index contributed by atoms with van der Waals surface area (Å²) in [6, 6.07) is 0.0674. The van der Waals surface area contributed by atoms with E-state index in [-0.39, 0.29) is 23.8 Å². The highest BCUT2D eigenvalue weighted by molar-refractivity contribution is 7.89. The first-order valence-corrected chi connectivity index (χ1v) is 9.56. The van der Waals surface area contributed by atoms with E-state index in [1.54, 1.807) is 0 Å². The fourth-order valence-corrected chi connectivity index (χ4v) is 6.65. The number of methoxy groups -OCH3 is 1. The summed E-state index contributed by atoms with van der Waals surface area (Å²) in [5, 5.41) is 0. The van der Waals surface area contributed by atoms with E-state index in [9.17, 15) is 8.42 Å². The number of hydrogen-bond acceptors (Lipinski definition) is 3. The number of ether oxygens (including phenoxy) is 1. The van der Waals surface area contributed by atoms with Crippen molar-refractivity contribution in [1.29, 1.82) is 0 Å². The first kappa shape index (κ1) is 14.8. The second kappa shape index (κ2) is 5.25. The largest absolute Gasteiger partial charge is 0.384 e. The second-order valence-electron chi connectivity index (χ2n) is 7.43. The molecule has 1 N–H and O–H groups in total. The molecule has 1 unspecified atom stereocenters. The van der Waals surface area contributed by atoms with Crippen LogP contribution < -0.4 is 4.72 Å². The van der Waals surface area contributed by atoms with Gasteiger partial charge in [0.15, 0.2) is 0 Å². The zero-order valence-electron chi connectivity index (χ0n) is 12.6. The Labute approximate surface area is 122 Å². The lowest BCUT2D eigenvalue weighted by atomic mass is 9.48. The Kier molecular flexibility index (Phi) is 3.89. The van der Waals surface area contributed by atoms with Gasteiger partial charge in [-0.1, -0.05) is 0 Å². The Balaban J connectivity index is 1.69. The third-order valence-electron chi connectivity index (χ3n) is 5.92. The maximum atomic E-state index is 12.1. The van der Waals surface area contributed by atoms with Crippen molar-refractivity contribution >= 4 is 10.0 Å². The molecule has 20 heavy (non-hydrogen) atoms. The topological polar surface area (TPSA) is 55.4 Å². The van der Waals surface area contributed by atoms with E-state index >= 15 is 0 Å². The van der Waals surface area contributed by atoms with Crippen LogP contribution in [0.3, 0.4) is 0 Å². The average Bonchev–Trinajstić information content (AvgIpc) is 2.34. The van der Waals surface area contributed by atoms with Crippen LogP contribution in [0.2, 0.25) is 0 Å². The average molecular weight is 301 g/mol. The molecule has 0 saturated heterocycles. The normalized spacial score (nSPS) is 41.0. The maximum Gasteiger partial charge on any atom is 0.214 e. The highest BCUT2D eigenvalue weighted by Crippen LogP contribution is 2.61. The number of nitrogens with one attached hydrogen (secondary N) is 1. The summed E-state index contributed by atoms with van der Waals surface area (Å²) in [5.41, 5.74) is 0.231. The summed E-state index contributed by atoms with van der Waals surface area (Å²) < 4.78 is 32.0. The summed E-state index contributed by atoms with van der Waals surface area (Å²) in [5.74, 6) is 2.63. The van der Waals surface area contributed by atoms with E-state index in [4.69, 9.17) is 4.74 Å². The van der Waals surface area contributed by atoms with Crippen molar-refractivity contribution in [2.75, 3.05) is 19.5 Å². The Morgan fingerprint density at radius 1 is 1.15 bits per heavy atom. The molecule has 1 atom stereocenters. The van der Waals surface area contributed by atoms with Crippen LogP contribution in [-0.4, -0.2) is 33.9 Å². The molecule has 4 fully saturated rings. The van der Waals surface area contributed by atoms with Gasteiger partial charge in [0.2, 0.25) is 10.0 Å². The van der Waals surface area contributed by atoms with E-state index in [2.05, 4.69) is 11.6 Å². The molecule has 0 aromatic carbocycles. The molecule has 0 heterocycles. The molecule has 0 aromatic heterocycles. The molecule has 0 amide bonds. The summed E-state index contributed by atoms with van der Waals surface area (Å²) in [7, 11) is -1.67. The van der Waals surface area contributed by atoms with Crippen LogP contribution in [0.5, 0.6) is 0 Å². The molecule has 5 heteroatoms. The van der Waals surface area contributed by atoms with Gasteiger partial charge in [-0.15, -0.1) is 0 Å². The van der Waals surface area contributed by atoms with E-state index in [0.29, 0.717) is 0 Å². The monoisotopic (exact) mass is 301 g/mol. The molecular weight excluding hydrogens is 274 g/mol. The third-order valence-corrected chi connectivity index (χ3v) is 7.33. The molecule has 116 valence electrons. The Hall–Kier alpha value is -0.130. The molecule has 0 spiro atoms. The molecule has 4 aliphatic rings. The van der Waals surface area contributed by atoms with E-state index in [1.165, 1.54) is 45.6 Å². The molecule has 4 bridgehead atoms. The van der Waals surface area contributed by atoms with Gasteiger partial charge in [-0.2, -0.15) is 0 Å². The quantitative estimate of drug-likeness (QED) is 0.818. The molecule has 0 aliphatic heterocycles. The van der Waals surface area contributed by atoms with Crippen molar-refractivity contribution in [1.82, 2.24) is 4.72 Å². The van der Waals surface area contributed by atoms with Crippen LogP contribution in [-0.2, 0) is 14.8 Å². The van der Waals surface area contributed by atoms with Gasteiger partial charge in [-0.3, -0.25) is 0 Å². The van der Waals surface area contributed by atoms with Gasteiger partial charge >= 0.3 is 0 Å². The smallest absolute Gasteiger partial charge is 0.214 e. The van der Waals surface area contributed by atoms with Gasteiger partial charge in [0, 0.05) is 13.2 Å². The standard InChI is InChI=1S/C15H27NO3S/c1-11(16-20(17,18)4-3-19-2)15-8-12-5-13(9-15)7-14(6-12)10-15/h11-14,16H,3-10H2,1-2H3. The van der Waals surface area contributed by atoms with Gasteiger partial charge in [0.05, 0.1) is 12.4 Å². The molecule has 0 aromatic rings. The zero-order chi connectivity index (χ0) is 14.4. The van der Waals surface area contributed by atoms with Gasteiger partial charge in [-0.25, -0.2) is 13.1 Å². The fourth-order valence-electron chi connectivity index (χ4n) is 5.35. The van der Waals surface area contributed by atoms with Crippen LogP contribution in [0.25, 0.3) is 0 Å². The SMILES string of the molecule is COCCS(=O)(=O)NC(C)C12CC3CC(CC(C3)C1)C2. The fraction of sp³-hybridized carbons (Fsp3) is 1.00. The molecule has 4 saturated carbocycles. The van der Waals surface area contributed by atoms with Crippen LogP contribution in [0, 0.1) is 23.2 Å². The van der Waals surface area contributed by atoms with Gasteiger partial charge < -0.3 is 4.74 Å². The van der Waals surface area contributed by atoms with Crippen LogP contribution in [0.4, 0.5) is 0 Å². The lowest BCUT2D eigenvalue weighted by molar-refractivity contribution is -0.0666. The van der Waals surface area contributed by atoms with Gasteiger partial charge in [0.1, 0.15) is 0 Å². The lowest BCUT2D eigenvalue weighted by Crippen LogP contribution is -2.56. The number of rotatable bonds is 6.